The molecule has 44 heteroatoms. The maximum absolute atomic E-state index is 14.2. The summed E-state index contributed by atoms with van der Waals surface area (Å²) in [7, 11) is 0. The summed E-state index contributed by atoms with van der Waals surface area (Å²) in [6.45, 7) is 5.19. The van der Waals surface area contributed by atoms with Crippen LogP contribution >= 0.6 is 0 Å². The maximum Gasteiger partial charge on any atom is 0.320 e. The number of hydrogen-bond donors (Lipinski definition) is 18. The Labute approximate surface area is 652 Å². The van der Waals surface area contributed by atoms with Crippen LogP contribution in [0.2, 0.25) is 0 Å². The van der Waals surface area contributed by atoms with Gasteiger partial charge in [-0.2, -0.15) is 5.10 Å². The van der Waals surface area contributed by atoms with E-state index in [1.165, 1.54) is 28.6 Å². The maximum atomic E-state index is 14.2. The summed E-state index contributed by atoms with van der Waals surface area (Å²) in [6.07, 6.45) is -8.28. The Morgan fingerprint density at radius 2 is 0.964 bits per heavy atom. The monoisotopic (exact) mass is 1620 g/mol. The first kappa shape index (κ1) is 98.9. The third-order valence-corrected chi connectivity index (χ3v) is 17.8. The number of carboxylic acids is 2. The molecule has 13 unspecified atom stereocenters. The van der Waals surface area contributed by atoms with Crippen LogP contribution in [0.25, 0.3) is 0 Å². The second kappa shape index (κ2) is 58.4. The molecule has 0 saturated carbocycles. The van der Waals surface area contributed by atoms with Gasteiger partial charge in [0.1, 0.15) is 53.9 Å². The van der Waals surface area contributed by atoms with Gasteiger partial charge in [0, 0.05) is 96.5 Å². The number of rotatable bonds is 61. The molecule has 23 N–H and O–H groups in total. The number of aliphatic imine (C=N–C) groups is 1. The zero-order valence-electron chi connectivity index (χ0n) is 64.3. The fraction of sp³-hybridized carbons (Fsp3) is 0.853. The predicted octanol–water partition coefficient (Wildman–Crippen LogP) is -8.98. The first-order valence-electron chi connectivity index (χ1n) is 37.8. The average Bonchev–Trinajstić information content (AvgIpc) is 0.969. The van der Waals surface area contributed by atoms with Gasteiger partial charge in [0.05, 0.1) is 214 Å². The topological polar surface area (TPSA) is 624 Å². The average molecular weight is 1620 g/mol. The number of ether oxygens (including phenoxy) is 15. The van der Waals surface area contributed by atoms with Crippen molar-refractivity contribution in [1.82, 2.24) is 35.4 Å². The Morgan fingerprint density at radius 3 is 1.39 bits per heavy atom. The highest BCUT2D eigenvalue weighted by Crippen LogP contribution is 2.24. The molecule has 4 rings (SSSR count). The number of carbonyl (C=O) groups excluding carboxylic acids is 2. The molecule has 0 aliphatic carbocycles. The molecule has 4 fully saturated rings. The minimum absolute atomic E-state index is 0.0271. The number of carbonyl (C=O) groups is 4. The van der Waals surface area contributed by atoms with Gasteiger partial charge in [-0.25, -0.2) is 11.7 Å². The molecule has 44 nitrogen and oxygen atoms in total. The van der Waals surface area contributed by atoms with E-state index in [2.05, 4.69) is 25.6 Å². The van der Waals surface area contributed by atoms with Crippen LogP contribution in [0.3, 0.4) is 0 Å². The van der Waals surface area contributed by atoms with E-state index >= 15 is 0 Å². The number of nitrogens with one attached hydrogen (secondary N) is 2. The molecule has 4 heterocycles. The summed E-state index contributed by atoms with van der Waals surface area (Å²) in [6, 6.07) is -1.03. The van der Waals surface area contributed by atoms with E-state index in [0.717, 1.165) is 0 Å². The van der Waals surface area contributed by atoms with Crippen LogP contribution in [0, 0.1) is 0 Å². The molecule has 0 aromatic rings. The quantitative estimate of drug-likeness (QED) is 0.0116. The number of hydrazone groups is 1. The number of amides is 2. The molecular weight excluding hydrogens is 1490 g/mol. The Kier molecular flexibility index (Phi) is 51.6. The number of nitrogens with two attached hydrogens (primary N) is 5. The normalized spacial score (nSPS) is 25.1. The standard InChI is InChI=1S/C68H128N14O30/c1-2-78-9-10-79(38-60(91)92)12-14-80(13-11-78)51(67(96)97)5-6-58(89)75-7-3-4-59(90)76-68(45-104-42-48(69)36-81(72)15-18-99-21-24-102-27-30-108-62-33-53(87)65(94)56(40-84)111-62,46-105-43-49(70)37-82(73)16-19-100-22-25-103-28-31-109-63-34-54(88)66(95)57(41-85)112-63)47-106-44-50(77-71)35-74-8-17-98-20-23-101-26-29-107-61-32-52(86)64(93)55(39-83)110-61/h35-37,51-57,61-66,83-88,93-95H,2-34,38-47,69-73H2,1H3,(H,75,89)(H,76,90)(H,91,92)(H,96,97)/b48-36-,49-37-,74-35?,77-50?. The van der Waals surface area contributed by atoms with E-state index in [1.54, 1.807) is 9.80 Å². The van der Waals surface area contributed by atoms with Crippen LogP contribution < -0.4 is 39.6 Å². The van der Waals surface area contributed by atoms with Crippen molar-refractivity contribution in [3.05, 3.63) is 23.8 Å². The zero-order valence-corrected chi connectivity index (χ0v) is 64.3. The second-order valence-electron chi connectivity index (χ2n) is 26.9. The molecule has 0 aromatic heterocycles. The lowest BCUT2D eigenvalue weighted by molar-refractivity contribution is -0.259. The van der Waals surface area contributed by atoms with Gasteiger partial charge in [0.15, 0.2) is 18.9 Å². The molecule has 4 saturated heterocycles. The van der Waals surface area contributed by atoms with Crippen molar-refractivity contribution in [2.75, 3.05) is 237 Å². The van der Waals surface area contributed by atoms with E-state index in [4.69, 9.17) is 100 Å². The first-order chi connectivity index (χ1) is 53.9. The zero-order chi connectivity index (χ0) is 81.9. The number of hydrogen-bond acceptors (Lipinski definition) is 40. The van der Waals surface area contributed by atoms with Crippen LogP contribution in [0.15, 0.2) is 33.9 Å². The molecule has 13 atom stereocenters. The fourth-order valence-corrected chi connectivity index (χ4v) is 11.7. The van der Waals surface area contributed by atoms with Crippen molar-refractivity contribution in [3.63, 3.8) is 0 Å². The van der Waals surface area contributed by atoms with Gasteiger partial charge in [-0.1, -0.05) is 6.92 Å². The number of aliphatic hydroxyl groups is 9. The summed E-state index contributed by atoms with van der Waals surface area (Å²) in [4.78, 5) is 61.9. The SMILES string of the molecule is CCN1CCN(CC(=O)O)CCN(C(CCC(=O)NCCCC(=O)NC(COCC(C=NCCOCCOCCOC2CC(O)C(O)C(CO)O2)=NN)(COC/C(N)=C/N(N)CCOCCOCCOC2CC(O)C(O)C(CO)O2)COC/C(N)=C/N(N)CCOCCOCCOC2CC(O)C(O)C(CO)O2)C(=O)O)CC1. The van der Waals surface area contributed by atoms with Gasteiger partial charge in [0.25, 0.3) is 0 Å². The van der Waals surface area contributed by atoms with Crippen molar-refractivity contribution >= 4 is 35.7 Å². The highest BCUT2D eigenvalue weighted by atomic mass is 16.7. The van der Waals surface area contributed by atoms with Crippen molar-refractivity contribution < 1.29 is 146 Å². The third kappa shape index (κ3) is 41.9. The highest BCUT2D eigenvalue weighted by Gasteiger charge is 2.40. The highest BCUT2D eigenvalue weighted by molar-refractivity contribution is 6.31. The van der Waals surface area contributed by atoms with Gasteiger partial charge in [-0.3, -0.25) is 34.0 Å². The molecule has 4 aliphatic rings. The van der Waals surface area contributed by atoms with Gasteiger partial charge in [-0.15, -0.1) is 0 Å². The number of hydrazine groups is 2. The first-order valence-corrected chi connectivity index (χ1v) is 37.8. The van der Waals surface area contributed by atoms with Crippen molar-refractivity contribution in [1.29, 1.82) is 0 Å². The molecule has 650 valence electrons. The molecule has 0 spiro atoms. The lowest BCUT2D eigenvalue weighted by Gasteiger charge is -2.36. The van der Waals surface area contributed by atoms with Crippen molar-refractivity contribution in [2.45, 2.75) is 137 Å². The summed E-state index contributed by atoms with van der Waals surface area (Å²) in [5.41, 5.74) is 11.8. The Hall–Kier alpha value is -5.46. The second-order valence-corrected chi connectivity index (χ2v) is 26.9. The van der Waals surface area contributed by atoms with E-state index in [-0.39, 0.29) is 240 Å². The molecule has 0 bridgehead atoms. The van der Waals surface area contributed by atoms with E-state index in [0.29, 0.717) is 39.3 Å². The van der Waals surface area contributed by atoms with E-state index in [1.807, 2.05) is 6.92 Å². The molecule has 112 heavy (non-hydrogen) atoms. The van der Waals surface area contributed by atoms with Gasteiger partial charge < -0.3 is 170 Å². The fourth-order valence-electron chi connectivity index (χ4n) is 11.7. The molecular formula is C68H128N14O30. The molecule has 4 aliphatic heterocycles. The predicted molar refractivity (Wildman–Crippen MR) is 395 cm³/mol. The summed E-state index contributed by atoms with van der Waals surface area (Å²) in [5, 5.41) is 120. The third-order valence-electron chi connectivity index (χ3n) is 17.8. The Bertz CT molecular complexity index is 2600. The number of likely N-dealkylation sites (N-methyl/N-ethyl adjacent to an activating group) is 1. The van der Waals surface area contributed by atoms with Crippen LogP contribution in [0.4, 0.5) is 0 Å². The smallest absolute Gasteiger partial charge is 0.320 e. The van der Waals surface area contributed by atoms with E-state index in [9.17, 15) is 75.3 Å². The van der Waals surface area contributed by atoms with Gasteiger partial charge in [0.2, 0.25) is 11.8 Å². The van der Waals surface area contributed by atoms with Crippen LogP contribution in [-0.2, 0) is 90.2 Å². The van der Waals surface area contributed by atoms with Crippen molar-refractivity contribution in [2.24, 2.45) is 39.1 Å². The summed E-state index contributed by atoms with van der Waals surface area (Å²) < 4.78 is 85.3. The minimum atomic E-state index is -1.54. The number of carboxylic acid groups (broad SMARTS) is 2. The van der Waals surface area contributed by atoms with Crippen LogP contribution in [0.1, 0.15) is 51.9 Å². The summed E-state index contributed by atoms with van der Waals surface area (Å²) in [5.74, 6) is 15.2. The largest absolute Gasteiger partial charge is 0.480 e. The number of aliphatic carboxylic acids is 2. The Morgan fingerprint density at radius 1 is 0.554 bits per heavy atom. The summed E-state index contributed by atoms with van der Waals surface area (Å²) >= 11 is 0. The lowest BCUT2D eigenvalue weighted by atomic mass is 10.0. The van der Waals surface area contributed by atoms with Gasteiger partial charge >= 0.3 is 11.9 Å². The molecule has 2 amide bonds. The Balaban J connectivity index is 1.39. The minimum Gasteiger partial charge on any atom is -0.480 e. The van der Waals surface area contributed by atoms with Crippen molar-refractivity contribution in [3.8, 4) is 0 Å². The number of aliphatic hydroxyl groups excluding tert-OH is 9. The van der Waals surface area contributed by atoms with Crippen LogP contribution in [-0.4, -0.2) is 439 Å². The van der Waals surface area contributed by atoms with Gasteiger partial charge in [-0.05, 0) is 19.4 Å². The number of nitrogens with zero attached hydrogens (tertiary/aromatic N) is 7. The lowest BCUT2D eigenvalue weighted by Crippen LogP contribution is -2.59. The molecule has 0 aromatic carbocycles. The van der Waals surface area contributed by atoms with Crippen LogP contribution in [0.5, 0.6) is 0 Å². The molecule has 0 radical (unpaired) electrons. The van der Waals surface area contributed by atoms with E-state index < -0.39 is 129 Å².